The van der Waals surface area contributed by atoms with Crippen molar-refractivity contribution in [2.24, 2.45) is 0 Å². The summed E-state index contributed by atoms with van der Waals surface area (Å²) >= 11 is 19.2. The Kier molecular flexibility index (Phi) is 12.7. The number of amides is 2. The Bertz CT molecular complexity index is 1700. The number of carbonyl (C=O) groups excluding carboxylic acids is 2. The number of methoxy groups -OCH3 is 1. The number of anilines is 1. The van der Waals surface area contributed by atoms with Gasteiger partial charge < -0.3 is 15.0 Å². The summed E-state index contributed by atoms with van der Waals surface area (Å²) in [6.07, 6.45) is 0.809. The maximum Gasteiger partial charge on any atom is 0.273 e. The third kappa shape index (κ3) is 8.41. The fourth-order valence-electron chi connectivity index (χ4n) is 4.66. The van der Waals surface area contributed by atoms with Gasteiger partial charge in [0, 0.05) is 44.8 Å². The third-order valence-corrected chi connectivity index (χ3v) is 10.1. The molecule has 3 rings (SSSR count). The molecule has 0 heterocycles. The van der Waals surface area contributed by atoms with Crippen molar-refractivity contribution < 1.29 is 27.7 Å². The van der Waals surface area contributed by atoms with Gasteiger partial charge in [0.15, 0.2) is 0 Å². The minimum Gasteiger partial charge on any atom is -0.495 e. The van der Waals surface area contributed by atoms with Crippen LogP contribution < -0.4 is 14.4 Å². The van der Waals surface area contributed by atoms with Crippen LogP contribution in [0.5, 0.6) is 5.75 Å². The highest BCUT2D eigenvalue weighted by Gasteiger charge is 2.36. The number of nitro benzene ring substituents is 1. The van der Waals surface area contributed by atoms with Crippen LogP contribution in [0.3, 0.4) is 0 Å². The molecular weight excluding hydrogens is 679 g/mol. The van der Waals surface area contributed by atoms with E-state index in [-0.39, 0.29) is 51.1 Å². The Morgan fingerprint density at radius 1 is 1.02 bits per heavy atom. The number of rotatable bonds is 14. The van der Waals surface area contributed by atoms with Crippen LogP contribution >= 0.6 is 34.8 Å². The maximum absolute atomic E-state index is 14.4. The third-order valence-electron chi connectivity index (χ3n) is 7.43. The summed E-state index contributed by atoms with van der Waals surface area (Å²) in [5.41, 5.74) is 0.0817. The molecule has 15 heteroatoms. The van der Waals surface area contributed by atoms with Gasteiger partial charge in [0.05, 0.1) is 22.6 Å². The molecule has 46 heavy (non-hydrogen) atoms. The number of ether oxygens (including phenoxy) is 1. The predicted octanol–water partition coefficient (Wildman–Crippen LogP) is 6.79. The molecule has 0 aliphatic carbocycles. The molecule has 0 radical (unpaired) electrons. The van der Waals surface area contributed by atoms with E-state index >= 15 is 0 Å². The van der Waals surface area contributed by atoms with Crippen LogP contribution in [-0.4, -0.2) is 55.8 Å². The first-order valence-corrected chi connectivity index (χ1v) is 16.9. The number of nitro groups is 1. The summed E-state index contributed by atoms with van der Waals surface area (Å²) in [5, 5.41) is 15.2. The Morgan fingerprint density at radius 3 is 2.24 bits per heavy atom. The lowest BCUT2D eigenvalue weighted by Crippen LogP contribution is -2.53. The first-order chi connectivity index (χ1) is 21.7. The van der Waals surface area contributed by atoms with Crippen LogP contribution in [0.25, 0.3) is 0 Å². The van der Waals surface area contributed by atoms with Crippen molar-refractivity contribution in [3.63, 3.8) is 0 Å². The number of nitrogens with zero attached hydrogens (tertiary/aromatic N) is 3. The van der Waals surface area contributed by atoms with E-state index in [0.29, 0.717) is 12.0 Å². The second-order valence-corrected chi connectivity index (χ2v) is 13.6. The molecule has 0 spiro atoms. The summed E-state index contributed by atoms with van der Waals surface area (Å²) in [6.45, 7) is 5.85. The number of nitrogens with one attached hydrogen (secondary N) is 1. The van der Waals surface area contributed by atoms with Crippen LogP contribution in [0, 0.1) is 17.0 Å². The highest BCUT2D eigenvalue weighted by molar-refractivity contribution is 7.92. The van der Waals surface area contributed by atoms with Gasteiger partial charge in [0.1, 0.15) is 18.3 Å². The zero-order chi connectivity index (χ0) is 34.3. The molecule has 3 aromatic rings. The van der Waals surface area contributed by atoms with Crippen molar-refractivity contribution in [2.75, 3.05) is 18.0 Å². The van der Waals surface area contributed by atoms with Gasteiger partial charge in [0.25, 0.3) is 15.7 Å². The number of hydrogen-bond acceptors (Lipinski definition) is 7. The first-order valence-electron chi connectivity index (χ1n) is 14.3. The van der Waals surface area contributed by atoms with Gasteiger partial charge in [-0.1, -0.05) is 60.8 Å². The van der Waals surface area contributed by atoms with Gasteiger partial charge >= 0.3 is 0 Å². The van der Waals surface area contributed by atoms with Gasteiger partial charge in [-0.05, 0) is 63.1 Å². The molecule has 0 fully saturated rings. The SMILES string of the molecule is CC[C@@H](C)NC(=O)[C@H](CC)N(Cc1c(Cl)cccc1Cl)C(=O)CN(c1cc(Cl)ccc1OC)S(=O)(=O)c1ccc(C)c([N+](=O)[O-])c1. The normalized spacial score (nSPS) is 12.6. The van der Waals surface area contributed by atoms with Crippen LogP contribution in [0.4, 0.5) is 11.4 Å². The van der Waals surface area contributed by atoms with Crippen LogP contribution in [0.1, 0.15) is 44.7 Å². The molecule has 248 valence electrons. The molecule has 0 saturated heterocycles. The van der Waals surface area contributed by atoms with Crippen molar-refractivity contribution in [2.45, 2.75) is 64.1 Å². The van der Waals surface area contributed by atoms with Gasteiger partial charge in [-0.2, -0.15) is 0 Å². The predicted molar refractivity (Wildman–Crippen MR) is 179 cm³/mol. The first kappa shape index (κ1) is 36.9. The standard InChI is InChI=1S/C31H35Cl3N4O7S/c1-6-20(4)35-31(40)26(7-2)36(17-23-24(33)9-8-10-25(23)34)30(39)18-37(28-15-21(32)12-14-29(28)45-5)46(43,44)22-13-11-19(3)27(16-22)38(41)42/h8-16,20,26H,6-7,17-18H2,1-5H3,(H,35,40)/t20-,26+/m1/s1. The van der Waals surface area contributed by atoms with Crippen molar-refractivity contribution in [3.05, 3.63) is 90.9 Å². The van der Waals surface area contributed by atoms with E-state index < -0.39 is 49.9 Å². The molecule has 0 unspecified atom stereocenters. The molecule has 0 bridgehead atoms. The summed E-state index contributed by atoms with van der Waals surface area (Å²) in [6, 6.07) is 11.2. The lowest BCUT2D eigenvalue weighted by Gasteiger charge is -2.34. The topological polar surface area (TPSA) is 139 Å². The maximum atomic E-state index is 14.4. The largest absolute Gasteiger partial charge is 0.495 e. The van der Waals surface area contributed by atoms with Crippen LogP contribution in [0.15, 0.2) is 59.5 Å². The van der Waals surface area contributed by atoms with Gasteiger partial charge in [0.2, 0.25) is 11.8 Å². The Morgan fingerprint density at radius 2 is 1.67 bits per heavy atom. The summed E-state index contributed by atoms with van der Waals surface area (Å²) in [4.78, 5) is 39.7. The molecule has 0 aromatic heterocycles. The van der Waals surface area contributed by atoms with E-state index in [2.05, 4.69) is 5.32 Å². The summed E-state index contributed by atoms with van der Waals surface area (Å²) < 4.78 is 34.8. The van der Waals surface area contributed by atoms with Crippen molar-refractivity contribution >= 4 is 68.0 Å². The molecular formula is C31H35Cl3N4O7S. The van der Waals surface area contributed by atoms with Crippen molar-refractivity contribution in [1.82, 2.24) is 10.2 Å². The van der Waals surface area contributed by atoms with E-state index in [4.69, 9.17) is 39.5 Å². The number of sulfonamides is 1. The second-order valence-electron chi connectivity index (χ2n) is 10.5. The highest BCUT2D eigenvalue weighted by atomic mass is 35.5. The van der Waals surface area contributed by atoms with E-state index in [1.165, 1.54) is 49.3 Å². The van der Waals surface area contributed by atoms with Gasteiger partial charge in [-0.3, -0.25) is 24.0 Å². The number of benzene rings is 3. The van der Waals surface area contributed by atoms with E-state index in [0.717, 1.165) is 10.4 Å². The summed E-state index contributed by atoms with van der Waals surface area (Å²) in [7, 11) is -3.37. The van der Waals surface area contributed by atoms with Gasteiger partial charge in [-0.15, -0.1) is 0 Å². The van der Waals surface area contributed by atoms with E-state index in [1.54, 1.807) is 25.1 Å². The zero-order valence-corrected chi connectivity index (χ0v) is 29.0. The minimum atomic E-state index is -4.68. The molecule has 0 aliphatic heterocycles. The Labute approximate surface area is 283 Å². The minimum absolute atomic E-state index is 0.0599. The Hall–Kier alpha value is -3.58. The number of aryl methyl sites for hydroxylation is 1. The second kappa shape index (κ2) is 15.8. The summed E-state index contributed by atoms with van der Waals surface area (Å²) in [5.74, 6) is -1.17. The monoisotopic (exact) mass is 712 g/mol. The average molecular weight is 714 g/mol. The van der Waals surface area contributed by atoms with Crippen LogP contribution in [-0.2, 0) is 26.2 Å². The quantitative estimate of drug-likeness (QED) is 0.143. The molecule has 11 nitrogen and oxygen atoms in total. The van der Waals surface area contributed by atoms with Crippen LogP contribution in [0.2, 0.25) is 15.1 Å². The molecule has 3 aromatic carbocycles. The zero-order valence-electron chi connectivity index (χ0n) is 25.9. The fraction of sp³-hybridized carbons (Fsp3) is 0.355. The molecule has 0 saturated carbocycles. The molecule has 2 amide bonds. The molecule has 2 atom stereocenters. The van der Waals surface area contributed by atoms with Gasteiger partial charge in [-0.25, -0.2) is 8.42 Å². The van der Waals surface area contributed by atoms with E-state index in [1.807, 2.05) is 13.8 Å². The average Bonchev–Trinajstić information content (AvgIpc) is 3.00. The molecule has 1 N–H and O–H groups in total. The van der Waals surface area contributed by atoms with Crippen molar-refractivity contribution in [1.29, 1.82) is 0 Å². The molecule has 0 aliphatic rings. The number of halogens is 3. The smallest absolute Gasteiger partial charge is 0.273 e. The highest BCUT2D eigenvalue weighted by Crippen LogP contribution is 2.36. The number of hydrogen-bond donors (Lipinski definition) is 1. The fourth-order valence-corrected chi connectivity index (χ4v) is 6.78. The van der Waals surface area contributed by atoms with Crippen molar-refractivity contribution in [3.8, 4) is 5.75 Å². The Balaban J connectivity index is 2.23. The number of carbonyl (C=O) groups is 2. The lowest BCUT2D eigenvalue weighted by atomic mass is 10.1. The lowest BCUT2D eigenvalue weighted by molar-refractivity contribution is -0.385. The van der Waals surface area contributed by atoms with E-state index in [9.17, 15) is 28.1 Å².